The number of rotatable bonds is 5. The van der Waals surface area contributed by atoms with E-state index in [1.54, 1.807) is 23.5 Å². The van der Waals surface area contributed by atoms with Gasteiger partial charge in [0.25, 0.3) is 5.91 Å². The number of thiophene rings is 1. The fraction of sp³-hybridized carbons (Fsp3) is 0.316. The van der Waals surface area contributed by atoms with Gasteiger partial charge in [0.2, 0.25) is 0 Å². The van der Waals surface area contributed by atoms with Crippen LogP contribution in [0.5, 0.6) is 0 Å². The molecule has 2 aromatic heterocycles. The number of aromatic nitrogens is 1. The molecule has 0 unspecified atom stereocenters. The van der Waals surface area contributed by atoms with Gasteiger partial charge in [-0.15, -0.1) is 11.3 Å². The number of hydrogen-bond donors (Lipinski definition) is 1. The van der Waals surface area contributed by atoms with Crippen LogP contribution in [0.15, 0.2) is 36.4 Å². The maximum atomic E-state index is 14.1. The number of nitrogens with zero attached hydrogens (tertiary/aromatic N) is 1. The van der Waals surface area contributed by atoms with E-state index >= 15 is 0 Å². The molecule has 124 valence electrons. The molecular weight excluding hydrogens is 323 g/mol. The molecule has 1 saturated carbocycles. The molecule has 0 bridgehead atoms. The zero-order chi connectivity index (χ0) is 16.7. The molecule has 24 heavy (non-hydrogen) atoms. The van der Waals surface area contributed by atoms with Crippen LogP contribution in [0, 0.1) is 18.7 Å². The third kappa shape index (κ3) is 2.96. The highest BCUT2D eigenvalue weighted by atomic mass is 32.1. The average molecular weight is 342 g/mol. The van der Waals surface area contributed by atoms with E-state index in [1.807, 2.05) is 23.6 Å². The van der Waals surface area contributed by atoms with Crippen LogP contribution in [0.3, 0.4) is 0 Å². The number of hydrogen-bond acceptors (Lipinski definition) is 2. The summed E-state index contributed by atoms with van der Waals surface area (Å²) >= 11 is 1.66. The number of benzene rings is 1. The van der Waals surface area contributed by atoms with Crippen molar-refractivity contribution < 1.29 is 9.18 Å². The van der Waals surface area contributed by atoms with Crippen molar-refractivity contribution in [3.05, 3.63) is 58.3 Å². The quantitative estimate of drug-likeness (QED) is 0.735. The first-order valence-electron chi connectivity index (χ1n) is 8.23. The molecule has 4 rings (SSSR count). The topological polar surface area (TPSA) is 34.0 Å². The van der Waals surface area contributed by atoms with Crippen molar-refractivity contribution >= 4 is 27.5 Å². The van der Waals surface area contributed by atoms with E-state index in [9.17, 15) is 9.18 Å². The van der Waals surface area contributed by atoms with Crippen molar-refractivity contribution in [2.24, 2.45) is 5.92 Å². The Morgan fingerprint density at radius 2 is 2.12 bits per heavy atom. The Labute approximate surface area is 144 Å². The number of amides is 1. The monoisotopic (exact) mass is 342 g/mol. The van der Waals surface area contributed by atoms with Gasteiger partial charge in [-0.1, -0.05) is 18.2 Å². The molecule has 0 radical (unpaired) electrons. The van der Waals surface area contributed by atoms with Crippen LogP contribution >= 0.6 is 11.3 Å². The molecule has 1 fully saturated rings. The van der Waals surface area contributed by atoms with E-state index in [0.717, 1.165) is 16.8 Å². The second-order valence-corrected chi connectivity index (χ2v) is 7.75. The van der Waals surface area contributed by atoms with Crippen molar-refractivity contribution in [3.63, 3.8) is 0 Å². The van der Waals surface area contributed by atoms with Crippen molar-refractivity contribution in [2.45, 2.75) is 26.3 Å². The summed E-state index contributed by atoms with van der Waals surface area (Å²) < 4.78 is 17.1. The van der Waals surface area contributed by atoms with Crippen LogP contribution in [0.2, 0.25) is 0 Å². The third-order valence-corrected chi connectivity index (χ3v) is 5.47. The predicted octanol–water partition coefficient (Wildman–Crippen LogP) is 4.34. The van der Waals surface area contributed by atoms with Gasteiger partial charge in [-0.2, -0.15) is 0 Å². The lowest BCUT2D eigenvalue weighted by molar-refractivity contribution is 0.0943. The predicted molar refractivity (Wildman–Crippen MR) is 95.1 cm³/mol. The smallest absolute Gasteiger partial charge is 0.267 e. The van der Waals surface area contributed by atoms with Crippen LogP contribution in [-0.4, -0.2) is 17.0 Å². The molecule has 0 spiro atoms. The zero-order valence-electron chi connectivity index (χ0n) is 13.5. The molecule has 1 amide bonds. The average Bonchev–Trinajstić information content (AvgIpc) is 3.24. The van der Waals surface area contributed by atoms with Crippen LogP contribution in [0.4, 0.5) is 4.39 Å². The van der Waals surface area contributed by atoms with Gasteiger partial charge in [0.05, 0.1) is 16.8 Å². The molecule has 0 atom stereocenters. The Kier molecular flexibility index (Phi) is 3.88. The van der Waals surface area contributed by atoms with E-state index in [-0.39, 0.29) is 11.7 Å². The highest BCUT2D eigenvalue weighted by molar-refractivity contribution is 7.19. The van der Waals surface area contributed by atoms with Crippen molar-refractivity contribution in [1.82, 2.24) is 9.88 Å². The first-order valence-corrected chi connectivity index (χ1v) is 9.05. The minimum atomic E-state index is -0.240. The normalized spacial score (nSPS) is 14.2. The van der Waals surface area contributed by atoms with Gasteiger partial charge < -0.3 is 9.88 Å². The summed E-state index contributed by atoms with van der Waals surface area (Å²) in [4.78, 5) is 13.8. The molecular formula is C19H19FN2OS. The summed E-state index contributed by atoms with van der Waals surface area (Å²) in [6.07, 6.45) is 2.40. The zero-order valence-corrected chi connectivity index (χ0v) is 14.3. The maximum Gasteiger partial charge on any atom is 0.267 e. The minimum absolute atomic E-state index is 0.0701. The molecule has 5 heteroatoms. The van der Waals surface area contributed by atoms with Crippen LogP contribution in [0.1, 0.15) is 33.8 Å². The lowest BCUT2D eigenvalue weighted by atomic mass is 10.2. The number of nitrogens with one attached hydrogen (secondary N) is 1. The highest BCUT2D eigenvalue weighted by Crippen LogP contribution is 2.30. The number of fused-ring (bicyclic) bond motifs is 1. The SMILES string of the molecule is Cc1cc2c(cc(C(=O)NCC3CC3)n2Cc2ccccc2F)s1. The van der Waals surface area contributed by atoms with E-state index in [2.05, 4.69) is 11.4 Å². The standard InChI is InChI=1S/C19H19FN2OS/c1-12-8-16-18(24-12)9-17(19(23)21-10-13-6-7-13)22(16)11-14-4-2-3-5-15(14)20/h2-5,8-9,13H,6-7,10-11H2,1H3,(H,21,23). The second-order valence-electron chi connectivity index (χ2n) is 6.47. The Balaban J connectivity index is 1.71. The Hall–Kier alpha value is -2.14. The lowest BCUT2D eigenvalue weighted by Gasteiger charge is -2.11. The van der Waals surface area contributed by atoms with Gasteiger partial charge in [0.15, 0.2) is 0 Å². The van der Waals surface area contributed by atoms with Gasteiger partial charge in [-0.25, -0.2) is 4.39 Å². The van der Waals surface area contributed by atoms with Crippen LogP contribution in [-0.2, 0) is 6.54 Å². The van der Waals surface area contributed by atoms with E-state index in [0.29, 0.717) is 23.7 Å². The Morgan fingerprint density at radius 3 is 2.88 bits per heavy atom. The van der Waals surface area contributed by atoms with Gasteiger partial charge >= 0.3 is 0 Å². The lowest BCUT2D eigenvalue weighted by Crippen LogP contribution is -2.28. The van der Waals surface area contributed by atoms with Gasteiger partial charge in [-0.3, -0.25) is 4.79 Å². The Bertz CT molecular complexity index is 907. The number of carbonyl (C=O) groups is 1. The van der Waals surface area contributed by atoms with E-state index < -0.39 is 0 Å². The minimum Gasteiger partial charge on any atom is -0.350 e. The number of carbonyl (C=O) groups excluding carboxylic acids is 1. The fourth-order valence-electron chi connectivity index (χ4n) is 2.97. The first kappa shape index (κ1) is 15.4. The van der Waals surface area contributed by atoms with E-state index in [4.69, 9.17) is 0 Å². The molecule has 1 aliphatic carbocycles. The molecule has 2 heterocycles. The molecule has 0 aliphatic heterocycles. The van der Waals surface area contributed by atoms with Gasteiger partial charge in [0, 0.05) is 17.0 Å². The van der Waals surface area contributed by atoms with E-state index in [1.165, 1.54) is 23.8 Å². The molecule has 1 aliphatic rings. The summed E-state index contributed by atoms with van der Waals surface area (Å²) in [5, 5.41) is 3.02. The van der Waals surface area contributed by atoms with Crippen molar-refractivity contribution in [2.75, 3.05) is 6.54 Å². The first-order chi connectivity index (χ1) is 11.6. The Morgan fingerprint density at radius 1 is 1.33 bits per heavy atom. The third-order valence-electron chi connectivity index (χ3n) is 4.48. The number of aryl methyl sites for hydroxylation is 1. The van der Waals surface area contributed by atoms with Crippen LogP contribution in [0.25, 0.3) is 10.2 Å². The molecule has 3 aromatic rings. The molecule has 0 saturated heterocycles. The van der Waals surface area contributed by atoms with Crippen molar-refractivity contribution in [1.29, 1.82) is 0 Å². The largest absolute Gasteiger partial charge is 0.350 e. The van der Waals surface area contributed by atoms with Crippen LogP contribution < -0.4 is 5.32 Å². The number of halogens is 1. The van der Waals surface area contributed by atoms with Gasteiger partial charge in [0.1, 0.15) is 11.5 Å². The second kappa shape index (κ2) is 6.06. The highest BCUT2D eigenvalue weighted by Gasteiger charge is 2.24. The summed E-state index contributed by atoms with van der Waals surface area (Å²) in [6.45, 7) is 3.14. The van der Waals surface area contributed by atoms with Crippen molar-refractivity contribution in [3.8, 4) is 0 Å². The molecule has 1 aromatic carbocycles. The summed E-state index contributed by atoms with van der Waals surface area (Å²) in [7, 11) is 0. The summed E-state index contributed by atoms with van der Waals surface area (Å²) in [5.41, 5.74) is 2.20. The summed E-state index contributed by atoms with van der Waals surface area (Å²) in [5.74, 6) is 0.322. The summed E-state index contributed by atoms with van der Waals surface area (Å²) in [6, 6.07) is 10.7. The van der Waals surface area contributed by atoms with Gasteiger partial charge in [-0.05, 0) is 43.9 Å². The maximum absolute atomic E-state index is 14.1. The molecule has 1 N–H and O–H groups in total. The molecule has 3 nitrogen and oxygen atoms in total. The fourth-order valence-corrected chi connectivity index (χ4v) is 3.93.